The Labute approximate surface area is 74.3 Å². The fourth-order valence-electron chi connectivity index (χ4n) is 0.833. The van der Waals surface area contributed by atoms with E-state index >= 15 is 0 Å². The number of thiol groups is 1. The molecule has 3 N–H and O–H groups in total. The Balaban J connectivity index is 3.29. The number of aromatic carboxylic acids is 1. The van der Waals surface area contributed by atoms with Crippen molar-refractivity contribution in [2.75, 3.05) is 0 Å². The van der Waals surface area contributed by atoms with Gasteiger partial charge in [0.1, 0.15) is 5.56 Å². The zero-order valence-electron chi connectivity index (χ0n) is 6.02. The molecule has 12 heavy (non-hydrogen) atoms. The van der Waals surface area contributed by atoms with Crippen molar-refractivity contribution in [3.63, 3.8) is 0 Å². The molecule has 0 aliphatic heterocycles. The number of carboxylic acid groups (broad SMARTS) is 1. The van der Waals surface area contributed by atoms with Gasteiger partial charge >= 0.3 is 5.97 Å². The highest BCUT2D eigenvalue weighted by Crippen LogP contribution is 2.23. The molecule has 5 heteroatoms. The Kier molecular flexibility index (Phi) is 2.57. The third-order valence-corrected chi connectivity index (χ3v) is 1.72. The summed E-state index contributed by atoms with van der Waals surface area (Å²) in [6.07, 6.45) is 0. The molecule has 0 aromatic heterocycles. The van der Waals surface area contributed by atoms with E-state index in [0.717, 1.165) is 0 Å². The van der Waals surface area contributed by atoms with Crippen LogP contribution in [0.2, 0.25) is 0 Å². The van der Waals surface area contributed by atoms with E-state index in [-0.39, 0.29) is 11.3 Å². The van der Waals surface area contributed by atoms with Gasteiger partial charge < -0.3 is 9.94 Å². The van der Waals surface area contributed by atoms with Crippen LogP contribution in [0.5, 0.6) is 5.75 Å². The first kappa shape index (κ1) is 8.89. The molecule has 0 aliphatic carbocycles. The van der Waals surface area contributed by atoms with Crippen LogP contribution in [-0.4, -0.2) is 11.1 Å². The number of benzene rings is 1. The summed E-state index contributed by atoms with van der Waals surface area (Å²) >= 11 is 3.94. The highest BCUT2D eigenvalue weighted by molar-refractivity contribution is 7.80. The van der Waals surface area contributed by atoms with E-state index in [1.165, 1.54) is 6.07 Å². The lowest BCUT2D eigenvalue weighted by Gasteiger charge is -2.04. The molecular formula is C7H7NO3S. The SMILES string of the molecule is NOc1cccc(S)c1C(=O)O. The molecule has 0 radical (unpaired) electrons. The average molecular weight is 185 g/mol. The second-order valence-electron chi connectivity index (χ2n) is 2.07. The molecule has 0 bridgehead atoms. The molecule has 0 aliphatic rings. The molecular weight excluding hydrogens is 178 g/mol. The van der Waals surface area contributed by atoms with Crippen LogP contribution < -0.4 is 10.7 Å². The van der Waals surface area contributed by atoms with Gasteiger partial charge in [-0.05, 0) is 12.1 Å². The molecule has 1 rings (SSSR count). The molecule has 4 nitrogen and oxygen atoms in total. The average Bonchev–Trinajstić information content (AvgIpc) is 2.03. The van der Waals surface area contributed by atoms with Crippen LogP contribution in [0, 0.1) is 0 Å². The van der Waals surface area contributed by atoms with Crippen LogP contribution in [0.4, 0.5) is 0 Å². The van der Waals surface area contributed by atoms with Crippen LogP contribution in [0.1, 0.15) is 10.4 Å². The highest BCUT2D eigenvalue weighted by atomic mass is 32.1. The lowest BCUT2D eigenvalue weighted by molar-refractivity contribution is 0.0688. The normalized spacial score (nSPS) is 9.50. The van der Waals surface area contributed by atoms with E-state index in [0.29, 0.717) is 4.90 Å². The number of carboxylic acids is 1. The van der Waals surface area contributed by atoms with Crippen LogP contribution in [-0.2, 0) is 0 Å². The number of rotatable bonds is 2. The third-order valence-electron chi connectivity index (χ3n) is 1.35. The molecule has 0 saturated heterocycles. The fourth-order valence-corrected chi connectivity index (χ4v) is 1.12. The lowest BCUT2D eigenvalue weighted by atomic mass is 10.2. The number of hydrogen-bond acceptors (Lipinski definition) is 4. The first-order valence-corrected chi connectivity index (χ1v) is 3.53. The van der Waals surface area contributed by atoms with Gasteiger partial charge in [-0.2, -0.15) is 5.90 Å². The summed E-state index contributed by atoms with van der Waals surface area (Å²) in [5, 5.41) is 8.69. The molecule has 0 spiro atoms. The molecule has 0 fully saturated rings. The van der Waals surface area contributed by atoms with Crippen molar-refractivity contribution < 1.29 is 14.7 Å². The minimum Gasteiger partial charge on any atom is -0.478 e. The van der Waals surface area contributed by atoms with E-state index in [1.54, 1.807) is 12.1 Å². The van der Waals surface area contributed by atoms with Crippen LogP contribution in [0.25, 0.3) is 0 Å². The zero-order chi connectivity index (χ0) is 9.14. The van der Waals surface area contributed by atoms with Crippen LogP contribution in [0.15, 0.2) is 23.1 Å². The first-order valence-electron chi connectivity index (χ1n) is 3.09. The van der Waals surface area contributed by atoms with Crippen molar-refractivity contribution >= 4 is 18.6 Å². The second kappa shape index (κ2) is 3.46. The van der Waals surface area contributed by atoms with Gasteiger partial charge in [0.05, 0.1) is 0 Å². The van der Waals surface area contributed by atoms with E-state index in [1.807, 2.05) is 0 Å². The third kappa shape index (κ3) is 1.51. The molecule has 0 unspecified atom stereocenters. The largest absolute Gasteiger partial charge is 0.478 e. The number of nitrogens with two attached hydrogens (primary N) is 1. The van der Waals surface area contributed by atoms with Crippen molar-refractivity contribution in [3.05, 3.63) is 23.8 Å². The molecule has 0 heterocycles. The number of carbonyl (C=O) groups is 1. The highest BCUT2D eigenvalue weighted by Gasteiger charge is 2.13. The lowest BCUT2D eigenvalue weighted by Crippen LogP contribution is -2.08. The minimum absolute atomic E-state index is 0.0247. The van der Waals surface area contributed by atoms with Gasteiger partial charge in [0, 0.05) is 4.90 Å². The van der Waals surface area contributed by atoms with Gasteiger partial charge in [-0.25, -0.2) is 4.79 Å². The predicted octanol–water partition coefficient (Wildman–Crippen LogP) is 0.926. The smallest absolute Gasteiger partial charge is 0.340 e. The Bertz CT molecular complexity index is 314. The standard InChI is InChI=1S/C7H7NO3S/c8-11-4-2-1-3-5(12)6(4)7(9)10/h1-3,12H,8H2,(H,9,10). The van der Waals surface area contributed by atoms with Crippen LogP contribution >= 0.6 is 12.6 Å². The molecule has 0 saturated carbocycles. The topological polar surface area (TPSA) is 72.5 Å². The molecule has 1 aromatic rings. The fraction of sp³-hybridized carbons (Fsp3) is 0. The van der Waals surface area contributed by atoms with Gasteiger partial charge in [-0.3, -0.25) is 0 Å². The van der Waals surface area contributed by atoms with Crippen molar-refractivity contribution in [1.82, 2.24) is 0 Å². The van der Waals surface area contributed by atoms with Gasteiger partial charge in [-0.1, -0.05) is 6.07 Å². The summed E-state index contributed by atoms with van der Waals surface area (Å²) < 4.78 is 0. The van der Waals surface area contributed by atoms with E-state index in [2.05, 4.69) is 17.5 Å². The maximum Gasteiger partial charge on any atom is 0.340 e. The Morgan fingerprint density at radius 1 is 1.58 bits per heavy atom. The van der Waals surface area contributed by atoms with Crippen molar-refractivity contribution in [2.24, 2.45) is 5.90 Å². The molecule has 64 valence electrons. The monoisotopic (exact) mass is 185 g/mol. The molecule has 0 atom stereocenters. The van der Waals surface area contributed by atoms with E-state index in [9.17, 15) is 4.79 Å². The summed E-state index contributed by atoms with van der Waals surface area (Å²) in [6, 6.07) is 4.62. The Morgan fingerprint density at radius 2 is 2.25 bits per heavy atom. The summed E-state index contributed by atoms with van der Waals surface area (Å²) in [4.78, 5) is 15.3. The van der Waals surface area contributed by atoms with E-state index in [4.69, 9.17) is 11.0 Å². The summed E-state index contributed by atoms with van der Waals surface area (Å²) in [6.45, 7) is 0. The zero-order valence-corrected chi connectivity index (χ0v) is 6.91. The Hall–Kier alpha value is -1.20. The maximum atomic E-state index is 10.6. The van der Waals surface area contributed by atoms with Gasteiger partial charge in [-0.15, -0.1) is 12.6 Å². The van der Waals surface area contributed by atoms with Crippen LogP contribution in [0.3, 0.4) is 0 Å². The van der Waals surface area contributed by atoms with Gasteiger partial charge in [0.15, 0.2) is 5.75 Å². The summed E-state index contributed by atoms with van der Waals surface area (Å²) in [5.41, 5.74) is -0.0247. The van der Waals surface area contributed by atoms with Crippen molar-refractivity contribution in [1.29, 1.82) is 0 Å². The van der Waals surface area contributed by atoms with Crippen molar-refractivity contribution in [2.45, 2.75) is 4.90 Å². The number of hydrogen-bond donors (Lipinski definition) is 3. The quantitative estimate of drug-likeness (QED) is 0.473. The summed E-state index contributed by atoms with van der Waals surface area (Å²) in [7, 11) is 0. The maximum absolute atomic E-state index is 10.6. The predicted molar refractivity (Wildman–Crippen MR) is 45.5 cm³/mol. The van der Waals surface area contributed by atoms with E-state index < -0.39 is 5.97 Å². The van der Waals surface area contributed by atoms with Crippen molar-refractivity contribution in [3.8, 4) is 5.75 Å². The summed E-state index contributed by atoms with van der Waals surface area (Å²) in [5.74, 6) is 3.86. The van der Waals surface area contributed by atoms with Gasteiger partial charge in [0.2, 0.25) is 0 Å². The Morgan fingerprint density at radius 3 is 2.67 bits per heavy atom. The molecule has 0 amide bonds. The second-order valence-corrected chi connectivity index (χ2v) is 2.56. The first-order chi connectivity index (χ1) is 5.66. The minimum atomic E-state index is -1.11. The van der Waals surface area contributed by atoms with Gasteiger partial charge in [0.25, 0.3) is 0 Å². The molecule has 1 aromatic carbocycles.